The molecule has 0 saturated carbocycles. The summed E-state index contributed by atoms with van der Waals surface area (Å²) in [6, 6.07) is 1.36. The molecule has 2 aromatic heterocycles. The third-order valence-electron chi connectivity index (χ3n) is 3.01. The molecule has 0 radical (unpaired) electrons. The first-order valence-corrected chi connectivity index (χ1v) is 9.07. The quantitative estimate of drug-likeness (QED) is 0.582. The van der Waals surface area contributed by atoms with Crippen molar-refractivity contribution in [2.75, 3.05) is 24.0 Å². The normalized spacial score (nSPS) is 12.2. The monoisotopic (exact) mass is 339 g/mol. The Kier molecular flexibility index (Phi) is 5.55. The molecule has 9 heteroatoms. The van der Waals surface area contributed by atoms with Crippen molar-refractivity contribution < 1.29 is 13.7 Å². The minimum Gasteiger partial charge on any atom is -0.617 e. The second kappa shape index (κ2) is 7.21. The molecule has 0 bridgehead atoms. The van der Waals surface area contributed by atoms with Crippen molar-refractivity contribution in [3.05, 3.63) is 24.3 Å². The van der Waals surface area contributed by atoms with Crippen molar-refractivity contribution in [2.45, 2.75) is 6.42 Å². The second-order valence-electron chi connectivity index (χ2n) is 4.78. The largest absolute Gasteiger partial charge is 0.617 e. The maximum Gasteiger partial charge on any atom is 0.232 e. The van der Waals surface area contributed by atoms with Crippen LogP contribution in [0.1, 0.15) is 6.42 Å². The molecule has 0 aromatic carbocycles. The van der Waals surface area contributed by atoms with E-state index in [-0.39, 0.29) is 12.3 Å². The Morgan fingerprint density at radius 2 is 2.27 bits per heavy atom. The Morgan fingerprint density at radius 1 is 1.55 bits per heavy atom. The number of rotatable bonds is 5. The smallest absolute Gasteiger partial charge is 0.232 e. The highest BCUT2D eigenvalue weighted by Crippen LogP contribution is 2.28. The SMILES string of the molecule is Bc1nc(-c2cncc(F)c2)sc1N(C)C(=O)CC[S+](C)[O-]. The Bertz CT molecular complexity index is 681. The second-order valence-corrected chi connectivity index (χ2v) is 7.31. The van der Waals surface area contributed by atoms with Gasteiger partial charge in [-0.25, -0.2) is 9.37 Å². The van der Waals surface area contributed by atoms with Crippen LogP contribution in [0, 0.1) is 5.82 Å². The number of halogens is 1. The van der Waals surface area contributed by atoms with E-state index in [1.165, 1.54) is 28.5 Å². The van der Waals surface area contributed by atoms with E-state index in [0.717, 1.165) is 6.20 Å². The van der Waals surface area contributed by atoms with Crippen LogP contribution in [0.5, 0.6) is 0 Å². The fraction of sp³-hybridized carbons (Fsp3) is 0.308. The fourth-order valence-corrected chi connectivity index (χ4v) is 3.35. The van der Waals surface area contributed by atoms with E-state index < -0.39 is 17.0 Å². The lowest BCUT2D eigenvalue weighted by molar-refractivity contribution is -0.117. The van der Waals surface area contributed by atoms with Gasteiger partial charge >= 0.3 is 0 Å². The maximum absolute atomic E-state index is 13.2. The molecule has 2 rings (SSSR count). The minimum atomic E-state index is -1.00. The van der Waals surface area contributed by atoms with Gasteiger partial charge in [-0.2, -0.15) is 0 Å². The van der Waals surface area contributed by atoms with Crippen LogP contribution in [-0.4, -0.2) is 47.3 Å². The van der Waals surface area contributed by atoms with Gasteiger partial charge in [0.2, 0.25) is 5.91 Å². The number of thiazole rings is 1. The number of nitrogens with zero attached hydrogens (tertiary/aromatic N) is 3. The number of hydrogen-bond acceptors (Lipinski definition) is 5. The molecular weight excluding hydrogens is 324 g/mol. The average Bonchev–Trinajstić information content (AvgIpc) is 2.86. The number of pyridine rings is 1. The third-order valence-corrected chi connectivity index (χ3v) is 5.07. The molecule has 1 unspecified atom stereocenters. The molecule has 0 aliphatic carbocycles. The molecule has 0 saturated heterocycles. The van der Waals surface area contributed by atoms with E-state index in [2.05, 4.69) is 9.97 Å². The predicted octanol–water partition coefficient (Wildman–Crippen LogP) is 0.334. The highest BCUT2D eigenvalue weighted by atomic mass is 32.2. The van der Waals surface area contributed by atoms with E-state index in [1.807, 2.05) is 0 Å². The zero-order valence-electron chi connectivity index (χ0n) is 12.5. The van der Waals surface area contributed by atoms with Crippen LogP contribution < -0.4 is 10.5 Å². The van der Waals surface area contributed by atoms with Crippen LogP contribution >= 0.6 is 11.3 Å². The first-order chi connectivity index (χ1) is 10.4. The Balaban J connectivity index is 2.20. The summed E-state index contributed by atoms with van der Waals surface area (Å²) in [7, 11) is 3.46. The van der Waals surface area contributed by atoms with Crippen LogP contribution in [0.25, 0.3) is 10.6 Å². The first-order valence-electron chi connectivity index (χ1n) is 6.53. The third kappa shape index (κ3) is 4.05. The summed E-state index contributed by atoms with van der Waals surface area (Å²) in [6.45, 7) is 0. The summed E-state index contributed by atoms with van der Waals surface area (Å²) in [5.41, 5.74) is 1.27. The molecule has 0 N–H and O–H groups in total. The Labute approximate surface area is 136 Å². The van der Waals surface area contributed by atoms with Gasteiger partial charge in [-0.3, -0.25) is 9.78 Å². The van der Waals surface area contributed by atoms with Crippen LogP contribution in [-0.2, 0) is 16.0 Å². The first kappa shape index (κ1) is 16.9. The molecule has 0 aliphatic heterocycles. The average molecular weight is 339 g/mol. The van der Waals surface area contributed by atoms with Gasteiger partial charge < -0.3 is 9.45 Å². The van der Waals surface area contributed by atoms with E-state index in [4.69, 9.17) is 0 Å². The van der Waals surface area contributed by atoms with Crippen molar-refractivity contribution in [3.8, 4) is 10.6 Å². The lowest BCUT2D eigenvalue weighted by Crippen LogP contribution is -2.30. The fourth-order valence-electron chi connectivity index (χ4n) is 1.86. The molecular formula is C13H15BFN3O2S2. The lowest BCUT2D eigenvalue weighted by atomic mass is 10.1. The molecule has 0 spiro atoms. The molecule has 5 nitrogen and oxygen atoms in total. The molecule has 2 aromatic rings. The maximum atomic E-state index is 13.2. The van der Waals surface area contributed by atoms with Gasteiger partial charge in [0, 0.05) is 24.4 Å². The van der Waals surface area contributed by atoms with E-state index in [0.29, 0.717) is 26.9 Å². The molecule has 22 heavy (non-hydrogen) atoms. The van der Waals surface area contributed by atoms with Crippen molar-refractivity contribution >= 4 is 46.9 Å². The van der Waals surface area contributed by atoms with Gasteiger partial charge in [0.15, 0.2) is 7.85 Å². The molecule has 2 heterocycles. The standard InChI is InChI=1S/C13H15BFN3O2S2/c1-18(10(19)3-4-22(2)20)13-11(14)17-12(21-13)8-5-9(15)7-16-6-8/h5-7H,3-4,14H2,1-2H3. The van der Waals surface area contributed by atoms with Crippen molar-refractivity contribution in [3.63, 3.8) is 0 Å². The summed E-state index contributed by atoms with van der Waals surface area (Å²) < 4.78 is 24.3. The molecule has 1 amide bonds. The summed E-state index contributed by atoms with van der Waals surface area (Å²) in [5, 5.41) is 1.31. The summed E-state index contributed by atoms with van der Waals surface area (Å²) in [5.74, 6) is -0.213. The summed E-state index contributed by atoms with van der Waals surface area (Å²) >= 11 is 0.302. The van der Waals surface area contributed by atoms with Crippen molar-refractivity contribution in [1.29, 1.82) is 0 Å². The topological polar surface area (TPSA) is 69.2 Å². The van der Waals surface area contributed by atoms with Crippen LogP contribution in [0.4, 0.5) is 9.39 Å². The number of carbonyl (C=O) groups is 1. The Morgan fingerprint density at radius 3 is 2.91 bits per heavy atom. The van der Waals surface area contributed by atoms with Crippen LogP contribution in [0.2, 0.25) is 0 Å². The number of amides is 1. The van der Waals surface area contributed by atoms with Crippen LogP contribution in [0.3, 0.4) is 0 Å². The van der Waals surface area contributed by atoms with Gasteiger partial charge in [0.25, 0.3) is 0 Å². The van der Waals surface area contributed by atoms with E-state index in [1.54, 1.807) is 21.1 Å². The zero-order chi connectivity index (χ0) is 16.3. The minimum absolute atomic E-state index is 0.120. The van der Waals surface area contributed by atoms with Crippen molar-refractivity contribution in [1.82, 2.24) is 9.97 Å². The summed E-state index contributed by atoms with van der Waals surface area (Å²) in [4.78, 5) is 21.8. The molecule has 0 aliphatic rings. The number of aromatic nitrogens is 2. The predicted molar refractivity (Wildman–Crippen MR) is 90.4 cm³/mol. The van der Waals surface area contributed by atoms with E-state index in [9.17, 15) is 13.7 Å². The highest BCUT2D eigenvalue weighted by Gasteiger charge is 2.19. The van der Waals surface area contributed by atoms with Gasteiger partial charge in [0.1, 0.15) is 21.6 Å². The lowest BCUT2D eigenvalue weighted by Gasteiger charge is -2.15. The Hall–Kier alpha value is -1.45. The van der Waals surface area contributed by atoms with E-state index >= 15 is 0 Å². The summed E-state index contributed by atoms with van der Waals surface area (Å²) in [6.07, 6.45) is 4.45. The number of carbonyl (C=O) groups excluding carboxylic acids is 1. The van der Waals surface area contributed by atoms with Gasteiger partial charge in [-0.15, -0.1) is 0 Å². The highest BCUT2D eigenvalue weighted by molar-refractivity contribution is 7.90. The zero-order valence-corrected chi connectivity index (χ0v) is 14.1. The number of anilines is 1. The van der Waals surface area contributed by atoms with Gasteiger partial charge in [-0.1, -0.05) is 22.5 Å². The van der Waals surface area contributed by atoms with Crippen molar-refractivity contribution in [2.24, 2.45) is 0 Å². The number of hydrogen-bond donors (Lipinski definition) is 0. The molecule has 116 valence electrons. The van der Waals surface area contributed by atoms with Gasteiger partial charge in [-0.05, 0) is 6.07 Å². The molecule has 1 atom stereocenters. The van der Waals surface area contributed by atoms with Gasteiger partial charge in [0.05, 0.1) is 18.9 Å². The van der Waals surface area contributed by atoms with Crippen LogP contribution in [0.15, 0.2) is 18.5 Å². The molecule has 0 fully saturated rings.